The van der Waals surface area contributed by atoms with Gasteiger partial charge < -0.3 is 14.4 Å². The summed E-state index contributed by atoms with van der Waals surface area (Å²) in [6.07, 6.45) is 4.20. The number of benzene rings is 1. The molecule has 1 fully saturated rings. The van der Waals surface area contributed by atoms with Crippen LogP contribution in [0.25, 0.3) is 0 Å². The summed E-state index contributed by atoms with van der Waals surface area (Å²) >= 11 is 0. The van der Waals surface area contributed by atoms with Crippen molar-refractivity contribution in [3.8, 4) is 11.5 Å². The van der Waals surface area contributed by atoms with Crippen molar-refractivity contribution in [1.29, 1.82) is 0 Å². The first kappa shape index (κ1) is 17.6. The lowest BCUT2D eigenvalue weighted by Crippen LogP contribution is -2.44. The van der Waals surface area contributed by atoms with E-state index in [-0.39, 0.29) is 6.03 Å². The molecule has 4 rings (SSSR count). The predicted octanol–water partition coefficient (Wildman–Crippen LogP) is 4.17. The first-order valence-corrected chi connectivity index (χ1v) is 9.31. The molecular formula is C21H25N3O3. The number of amides is 2. The van der Waals surface area contributed by atoms with Crippen LogP contribution in [0.15, 0.2) is 36.5 Å². The van der Waals surface area contributed by atoms with Crippen LogP contribution in [0.4, 0.5) is 10.6 Å². The molecule has 1 N–H and O–H groups in total. The second-order valence-corrected chi connectivity index (χ2v) is 7.87. The smallest absolute Gasteiger partial charge is 0.323 e. The van der Waals surface area contributed by atoms with Gasteiger partial charge in [-0.05, 0) is 62.4 Å². The van der Waals surface area contributed by atoms with Crippen LogP contribution in [-0.4, -0.2) is 35.2 Å². The minimum Gasteiger partial charge on any atom is -0.497 e. The molecule has 0 bridgehead atoms. The summed E-state index contributed by atoms with van der Waals surface area (Å²) in [5, 5.41) is 2.95. The van der Waals surface area contributed by atoms with Gasteiger partial charge in [0.1, 0.15) is 22.9 Å². The molecule has 0 unspecified atom stereocenters. The molecule has 1 saturated carbocycles. The summed E-state index contributed by atoms with van der Waals surface area (Å²) in [6, 6.07) is 9.54. The highest BCUT2D eigenvalue weighted by Crippen LogP contribution is 2.40. The zero-order valence-electron chi connectivity index (χ0n) is 16.0. The second-order valence-electron chi connectivity index (χ2n) is 7.87. The van der Waals surface area contributed by atoms with Crippen LogP contribution in [-0.2, 0) is 6.54 Å². The predicted molar refractivity (Wildman–Crippen MR) is 103 cm³/mol. The van der Waals surface area contributed by atoms with E-state index < -0.39 is 5.60 Å². The quantitative estimate of drug-likeness (QED) is 0.884. The van der Waals surface area contributed by atoms with Crippen LogP contribution >= 0.6 is 0 Å². The van der Waals surface area contributed by atoms with Crippen molar-refractivity contribution < 1.29 is 14.3 Å². The Hall–Kier alpha value is -2.76. The van der Waals surface area contributed by atoms with Gasteiger partial charge in [0.2, 0.25) is 0 Å². The van der Waals surface area contributed by atoms with Crippen LogP contribution < -0.4 is 14.8 Å². The molecule has 2 amide bonds. The van der Waals surface area contributed by atoms with Gasteiger partial charge in [0.25, 0.3) is 0 Å². The van der Waals surface area contributed by atoms with Crippen LogP contribution in [0.1, 0.15) is 43.7 Å². The van der Waals surface area contributed by atoms with Gasteiger partial charge >= 0.3 is 6.03 Å². The molecule has 1 aliphatic carbocycles. The first-order chi connectivity index (χ1) is 12.9. The lowest BCUT2D eigenvalue weighted by Gasteiger charge is -2.29. The van der Waals surface area contributed by atoms with Crippen molar-refractivity contribution in [3.63, 3.8) is 0 Å². The molecule has 142 valence electrons. The number of hydrogen-bond acceptors (Lipinski definition) is 4. The number of hydrogen-bond donors (Lipinski definition) is 1. The summed E-state index contributed by atoms with van der Waals surface area (Å²) in [7, 11) is 1.63. The normalized spacial score (nSPS) is 18.1. The molecular weight excluding hydrogens is 342 g/mol. The van der Waals surface area contributed by atoms with E-state index >= 15 is 0 Å². The molecule has 0 saturated heterocycles. The Balaban J connectivity index is 1.54. The number of pyridine rings is 1. The van der Waals surface area contributed by atoms with E-state index in [0.29, 0.717) is 24.8 Å². The van der Waals surface area contributed by atoms with E-state index in [9.17, 15) is 4.79 Å². The number of aromatic nitrogens is 1. The number of carbonyl (C=O) groups is 1. The molecule has 2 aromatic rings. The third-order valence-electron chi connectivity index (χ3n) is 4.95. The van der Waals surface area contributed by atoms with Gasteiger partial charge in [-0.1, -0.05) is 0 Å². The average Bonchev–Trinajstić information content (AvgIpc) is 3.47. The van der Waals surface area contributed by atoms with E-state index in [1.54, 1.807) is 18.2 Å². The highest BCUT2D eigenvalue weighted by Gasteiger charge is 2.32. The standard InChI is InChI=1S/C21H25N3O3/c1-21(2)13-24(12-16-6-7-17(26-3)11-18(16)27-21)20(25)23-19-10-15(8-9-22-19)14-4-5-14/h6-11,14H,4-5,12-13H2,1-3H3,(H,22,23,25). The Bertz CT molecular complexity index is 862. The zero-order chi connectivity index (χ0) is 19.0. The first-order valence-electron chi connectivity index (χ1n) is 9.31. The molecule has 1 aliphatic heterocycles. The molecule has 2 aliphatic rings. The molecule has 6 nitrogen and oxygen atoms in total. The molecule has 0 radical (unpaired) electrons. The summed E-state index contributed by atoms with van der Waals surface area (Å²) in [6.45, 7) is 4.90. The highest BCUT2D eigenvalue weighted by atomic mass is 16.5. The molecule has 1 aromatic carbocycles. The average molecular weight is 367 g/mol. The number of urea groups is 1. The number of methoxy groups -OCH3 is 1. The number of carbonyl (C=O) groups excluding carboxylic acids is 1. The third-order valence-corrected chi connectivity index (χ3v) is 4.95. The number of nitrogens with zero attached hydrogens (tertiary/aromatic N) is 2. The number of anilines is 1. The summed E-state index contributed by atoms with van der Waals surface area (Å²) in [5.41, 5.74) is 1.69. The Labute approximate surface area is 159 Å². The van der Waals surface area contributed by atoms with Crippen LogP contribution in [0, 0.1) is 0 Å². The highest BCUT2D eigenvalue weighted by molar-refractivity contribution is 5.88. The molecule has 0 atom stereocenters. The van der Waals surface area contributed by atoms with Crippen molar-refractivity contribution >= 4 is 11.8 Å². The van der Waals surface area contributed by atoms with Crippen molar-refractivity contribution in [3.05, 3.63) is 47.7 Å². The van der Waals surface area contributed by atoms with E-state index in [0.717, 1.165) is 17.1 Å². The lowest BCUT2D eigenvalue weighted by atomic mass is 10.1. The zero-order valence-corrected chi connectivity index (χ0v) is 16.0. The Morgan fingerprint density at radius 3 is 2.85 bits per heavy atom. The molecule has 6 heteroatoms. The van der Waals surface area contributed by atoms with Crippen LogP contribution in [0.5, 0.6) is 11.5 Å². The third kappa shape index (κ3) is 3.99. The van der Waals surface area contributed by atoms with Crippen molar-refractivity contribution in [2.45, 2.75) is 44.8 Å². The maximum absolute atomic E-state index is 12.9. The minimum absolute atomic E-state index is 0.171. The van der Waals surface area contributed by atoms with Crippen molar-refractivity contribution in [1.82, 2.24) is 9.88 Å². The second kappa shape index (κ2) is 6.76. The molecule has 0 spiro atoms. The maximum Gasteiger partial charge on any atom is 0.323 e. The Kier molecular flexibility index (Phi) is 4.42. The lowest BCUT2D eigenvalue weighted by molar-refractivity contribution is 0.0833. The van der Waals surface area contributed by atoms with Gasteiger partial charge in [-0.25, -0.2) is 9.78 Å². The van der Waals surface area contributed by atoms with Crippen LogP contribution in [0.3, 0.4) is 0 Å². The maximum atomic E-state index is 12.9. The monoisotopic (exact) mass is 367 g/mol. The van der Waals surface area contributed by atoms with Gasteiger partial charge in [0, 0.05) is 17.8 Å². The van der Waals surface area contributed by atoms with Gasteiger partial charge in [0.05, 0.1) is 20.2 Å². The van der Waals surface area contributed by atoms with Crippen LogP contribution in [0.2, 0.25) is 0 Å². The van der Waals surface area contributed by atoms with Gasteiger partial charge in [0.15, 0.2) is 0 Å². The van der Waals surface area contributed by atoms with Crippen molar-refractivity contribution in [2.24, 2.45) is 0 Å². The number of rotatable bonds is 3. The largest absolute Gasteiger partial charge is 0.497 e. The fraction of sp³-hybridized carbons (Fsp3) is 0.429. The van der Waals surface area contributed by atoms with Gasteiger partial charge in [-0.2, -0.15) is 0 Å². The van der Waals surface area contributed by atoms with E-state index in [4.69, 9.17) is 9.47 Å². The summed E-state index contributed by atoms with van der Waals surface area (Å²) in [5.74, 6) is 2.71. The number of ether oxygens (including phenoxy) is 2. The minimum atomic E-state index is -0.516. The number of fused-ring (bicyclic) bond motifs is 1. The van der Waals surface area contributed by atoms with E-state index in [1.165, 1.54) is 18.4 Å². The van der Waals surface area contributed by atoms with E-state index in [1.807, 2.05) is 44.2 Å². The summed E-state index contributed by atoms with van der Waals surface area (Å²) < 4.78 is 11.5. The molecule has 1 aromatic heterocycles. The topological polar surface area (TPSA) is 63.7 Å². The fourth-order valence-electron chi connectivity index (χ4n) is 3.46. The Morgan fingerprint density at radius 2 is 2.11 bits per heavy atom. The molecule has 2 heterocycles. The summed E-state index contributed by atoms with van der Waals surface area (Å²) in [4.78, 5) is 19.0. The van der Waals surface area contributed by atoms with E-state index in [2.05, 4.69) is 10.3 Å². The van der Waals surface area contributed by atoms with Crippen molar-refractivity contribution in [2.75, 3.05) is 19.0 Å². The fourth-order valence-corrected chi connectivity index (χ4v) is 3.46. The van der Waals surface area contributed by atoms with Gasteiger partial charge in [-0.15, -0.1) is 0 Å². The SMILES string of the molecule is COc1ccc2c(c1)OC(C)(C)CN(C(=O)Nc1cc(C3CC3)ccn1)C2. The van der Waals surface area contributed by atoms with Gasteiger partial charge in [-0.3, -0.25) is 5.32 Å². The molecule has 27 heavy (non-hydrogen) atoms. The Morgan fingerprint density at radius 1 is 1.30 bits per heavy atom. The number of nitrogens with one attached hydrogen (secondary N) is 1.